The van der Waals surface area contributed by atoms with E-state index in [2.05, 4.69) is 5.32 Å². The maximum absolute atomic E-state index is 13.4. The number of hydrogen-bond acceptors (Lipinski definition) is 6. The van der Waals surface area contributed by atoms with Gasteiger partial charge in [-0.1, -0.05) is 31.5 Å². The summed E-state index contributed by atoms with van der Waals surface area (Å²) in [4.78, 5) is 24.7. The van der Waals surface area contributed by atoms with E-state index in [1.165, 1.54) is 46.8 Å². The van der Waals surface area contributed by atoms with Crippen molar-refractivity contribution in [1.82, 2.24) is 4.31 Å². The lowest BCUT2D eigenvalue weighted by atomic mass is 10.2. The van der Waals surface area contributed by atoms with Gasteiger partial charge < -0.3 is 10.1 Å². The second-order valence-corrected chi connectivity index (χ2v) is 10.00. The number of carbonyl (C=O) groups excluding carboxylic acids is 2. The molecule has 0 unspecified atom stereocenters. The smallest absolute Gasteiger partial charge is 0.350 e. The summed E-state index contributed by atoms with van der Waals surface area (Å²) in [7, 11) is -3.69. The predicted molar refractivity (Wildman–Crippen MR) is 122 cm³/mol. The van der Waals surface area contributed by atoms with Crippen LogP contribution in [0.3, 0.4) is 0 Å². The molecule has 0 aliphatic carbocycles. The fourth-order valence-electron chi connectivity index (χ4n) is 3.01. The average molecular weight is 499 g/mol. The van der Waals surface area contributed by atoms with Crippen LogP contribution < -0.4 is 5.32 Å². The maximum atomic E-state index is 13.4. The van der Waals surface area contributed by atoms with Crippen molar-refractivity contribution in [3.05, 3.63) is 58.2 Å². The number of thiophene rings is 1. The molecule has 0 saturated carbocycles. The number of fused-ring (bicyclic) bond motifs is 1. The van der Waals surface area contributed by atoms with Gasteiger partial charge in [-0.15, -0.1) is 11.3 Å². The maximum Gasteiger partial charge on any atom is 0.350 e. The van der Waals surface area contributed by atoms with E-state index in [1.807, 2.05) is 0 Å². The molecular weight excluding hydrogens is 479 g/mol. The van der Waals surface area contributed by atoms with Gasteiger partial charge in [0, 0.05) is 28.9 Å². The van der Waals surface area contributed by atoms with Gasteiger partial charge >= 0.3 is 5.97 Å². The average Bonchev–Trinajstić information content (AvgIpc) is 3.08. The van der Waals surface area contributed by atoms with Crippen molar-refractivity contribution in [2.45, 2.75) is 18.7 Å². The molecule has 0 bridgehead atoms. The minimum atomic E-state index is -3.69. The van der Waals surface area contributed by atoms with Gasteiger partial charge in [0.25, 0.3) is 5.91 Å². The lowest BCUT2D eigenvalue weighted by Crippen LogP contribution is -2.30. The quantitative estimate of drug-likeness (QED) is 0.461. The minimum Gasteiger partial charge on any atom is -0.451 e. The number of esters is 1. The van der Waals surface area contributed by atoms with E-state index in [4.69, 9.17) is 16.3 Å². The Morgan fingerprint density at radius 2 is 1.88 bits per heavy atom. The molecule has 0 fully saturated rings. The number of halogens is 2. The first-order valence-electron chi connectivity index (χ1n) is 9.62. The highest BCUT2D eigenvalue weighted by molar-refractivity contribution is 7.89. The highest BCUT2D eigenvalue weighted by atomic mass is 35.5. The van der Waals surface area contributed by atoms with Crippen LogP contribution in [0.1, 0.15) is 23.5 Å². The number of sulfonamides is 1. The van der Waals surface area contributed by atoms with E-state index in [0.717, 1.165) is 11.3 Å². The molecule has 2 aromatic carbocycles. The lowest BCUT2D eigenvalue weighted by molar-refractivity contribution is -0.119. The summed E-state index contributed by atoms with van der Waals surface area (Å²) in [6.45, 7) is 3.50. The first-order valence-corrected chi connectivity index (χ1v) is 12.3. The van der Waals surface area contributed by atoms with Crippen molar-refractivity contribution in [2.75, 3.05) is 25.0 Å². The number of ether oxygens (including phenoxy) is 1. The molecular formula is C21H20ClFN2O5S2. The van der Waals surface area contributed by atoms with Crippen molar-refractivity contribution in [1.29, 1.82) is 0 Å². The van der Waals surface area contributed by atoms with Crippen molar-refractivity contribution in [3.8, 4) is 0 Å². The lowest BCUT2D eigenvalue weighted by Gasteiger charge is -2.18. The third kappa shape index (κ3) is 5.09. The molecule has 0 atom stereocenters. The van der Waals surface area contributed by atoms with E-state index in [9.17, 15) is 22.4 Å². The van der Waals surface area contributed by atoms with Crippen LogP contribution in [-0.4, -0.2) is 44.3 Å². The summed E-state index contributed by atoms with van der Waals surface area (Å²) in [5.74, 6) is -1.93. The van der Waals surface area contributed by atoms with Crippen molar-refractivity contribution in [3.63, 3.8) is 0 Å². The van der Waals surface area contributed by atoms with E-state index in [1.54, 1.807) is 13.8 Å². The summed E-state index contributed by atoms with van der Waals surface area (Å²) < 4.78 is 45.5. The molecule has 1 N–H and O–H groups in total. The van der Waals surface area contributed by atoms with Gasteiger partial charge in [-0.05, 0) is 36.4 Å². The van der Waals surface area contributed by atoms with Crippen LogP contribution in [0.25, 0.3) is 10.1 Å². The zero-order valence-corrected chi connectivity index (χ0v) is 19.6. The molecule has 32 heavy (non-hydrogen) atoms. The second-order valence-electron chi connectivity index (χ2n) is 6.63. The third-order valence-electron chi connectivity index (χ3n) is 4.57. The molecule has 0 radical (unpaired) electrons. The summed E-state index contributed by atoms with van der Waals surface area (Å²) in [5, 5.41) is 3.15. The van der Waals surface area contributed by atoms with Crippen LogP contribution in [0, 0.1) is 5.82 Å². The van der Waals surface area contributed by atoms with Crippen molar-refractivity contribution < 1.29 is 27.1 Å². The van der Waals surface area contributed by atoms with E-state index in [0.29, 0.717) is 23.2 Å². The van der Waals surface area contributed by atoms with Crippen LogP contribution >= 0.6 is 22.9 Å². The van der Waals surface area contributed by atoms with Gasteiger partial charge in [0.05, 0.1) is 9.92 Å². The molecule has 11 heteroatoms. The number of anilines is 1. The normalized spacial score (nSPS) is 11.7. The molecule has 3 rings (SSSR count). The van der Waals surface area contributed by atoms with Crippen LogP contribution in [0.15, 0.2) is 47.4 Å². The van der Waals surface area contributed by atoms with Crippen LogP contribution in [0.5, 0.6) is 0 Å². The van der Waals surface area contributed by atoms with Gasteiger partial charge in [-0.3, -0.25) is 4.79 Å². The Morgan fingerprint density at radius 1 is 1.16 bits per heavy atom. The zero-order valence-electron chi connectivity index (χ0n) is 17.2. The van der Waals surface area contributed by atoms with Gasteiger partial charge in [-0.25, -0.2) is 17.6 Å². The first kappa shape index (κ1) is 24.1. The number of rotatable bonds is 8. The summed E-state index contributed by atoms with van der Waals surface area (Å²) in [6, 6.07) is 9.77. The SMILES string of the molecule is CCN(CC)S(=O)(=O)c1cccc(NC(=O)COC(=O)c2sc3cc(F)ccc3c2Cl)c1. The zero-order chi connectivity index (χ0) is 23.5. The Morgan fingerprint density at radius 3 is 2.56 bits per heavy atom. The van der Waals surface area contributed by atoms with Crippen LogP contribution in [0.2, 0.25) is 5.02 Å². The number of nitrogens with zero attached hydrogens (tertiary/aromatic N) is 1. The molecule has 1 amide bonds. The van der Waals surface area contributed by atoms with Crippen molar-refractivity contribution in [2.24, 2.45) is 0 Å². The molecule has 1 aromatic heterocycles. The molecule has 0 saturated heterocycles. The van der Waals surface area contributed by atoms with Crippen molar-refractivity contribution >= 4 is 60.6 Å². The van der Waals surface area contributed by atoms with Crippen LogP contribution in [-0.2, 0) is 19.6 Å². The summed E-state index contributed by atoms with van der Waals surface area (Å²) in [5.41, 5.74) is 0.245. The largest absolute Gasteiger partial charge is 0.451 e. The highest BCUT2D eigenvalue weighted by Crippen LogP contribution is 2.36. The molecule has 0 spiro atoms. The fraction of sp³-hybridized carbons (Fsp3) is 0.238. The Balaban J connectivity index is 1.67. The number of hydrogen-bond donors (Lipinski definition) is 1. The van der Waals surface area contributed by atoms with Gasteiger partial charge in [-0.2, -0.15) is 4.31 Å². The first-order chi connectivity index (χ1) is 15.2. The van der Waals surface area contributed by atoms with E-state index < -0.39 is 34.3 Å². The summed E-state index contributed by atoms with van der Waals surface area (Å²) >= 11 is 7.15. The Labute approximate surface area is 193 Å². The predicted octanol–water partition coefficient (Wildman–Crippen LogP) is 4.52. The number of benzene rings is 2. The second kappa shape index (κ2) is 9.95. The molecule has 3 aromatic rings. The Hall–Kier alpha value is -2.53. The topological polar surface area (TPSA) is 92.8 Å². The number of carbonyl (C=O) groups is 2. The Bertz CT molecular complexity index is 1270. The fourth-order valence-corrected chi connectivity index (χ4v) is 5.94. The Kier molecular flexibility index (Phi) is 7.50. The van der Waals surface area contributed by atoms with Gasteiger partial charge in [0.2, 0.25) is 10.0 Å². The monoisotopic (exact) mass is 498 g/mol. The van der Waals surface area contributed by atoms with Gasteiger partial charge in [0.1, 0.15) is 10.7 Å². The number of amides is 1. The van der Waals surface area contributed by atoms with Gasteiger partial charge in [0.15, 0.2) is 6.61 Å². The standard InChI is InChI=1S/C21H20ClFN2O5S2/c1-3-25(4-2)32(28,29)15-7-5-6-14(11-15)24-18(26)12-30-21(27)20-19(22)16-9-8-13(23)10-17(16)31-20/h5-11H,3-4,12H2,1-2H3,(H,24,26). The molecule has 1 heterocycles. The summed E-state index contributed by atoms with van der Waals surface area (Å²) in [6.07, 6.45) is 0. The van der Waals surface area contributed by atoms with E-state index in [-0.39, 0.29) is 20.5 Å². The third-order valence-corrected chi connectivity index (χ3v) is 8.26. The van der Waals surface area contributed by atoms with E-state index >= 15 is 0 Å². The molecule has 170 valence electrons. The van der Waals surface area contributed by atoms with Crippen LogP contribution in [0.4, 0.5) is 10.1 Å². The highest BCUT2D eigenvalue weighted by Gasteiger charge is 2.22. The minimum absolute atomic E-state index is 0.0419. The number of nitrogens with one attached hydrogen (secondary N) is 1. The molecule has 7 nitrogen and oxygen atoms in total. The molecule has 0 aliphatic rings. The molecule has 0 aliphatic heterocycles.